The van der Waals surface area contributed by atoms with Gasteiger partial charge in [0, 0.05) is 5.92 Å². The molecule has 0 bridgehead atoms. The molecule has 0 N–H and O–H groups in total. The molecular weight excluding hydrogens is 170 g/mol. The SMILES string of the molecule is N#Cc1cccc(C2C=CCCC2)c1. The number of rotatable bonds is 1. The third-order valence-corrected chi connectivity index (χ3v) is 2.70. The molecule has 2 rings (SSSR count). The summed E-state index contributed by atoms with van der Waals surface area (Å²) in [6, 6.07) is 10.1. The summed E-state index contributed by atoms with van der Waals surface area (Å²) in [5.41, 5.74) is 2.04. The maximum atomic E-state index is 8.79. The molecule has 0 heterocycles. The van der Waals surface area contributed by atoms with E-state index in [0.29, 0.717) is 5.92 Å². The van der Waals surface area contributed by atoms with Gasteiger partial charge in [0.25, 0.3) is 0 Å². The van der Waals surface area contributed by atoms with E-state index in [4.69, 9.17) is 5.26 Å². The topological polar surface area (TPSA) is 23.8 Å². The van der Waals surface area contributed by atoms with Crippen molar-refractivity contribution in [2.75, 3.05) is 0 Å². The molecule has 1 nitrogen and oxygen atoms in total. The first-order valence-electron chi connectivity index (χ1n) is 5.07. The van der Waals surface area contributed by atoms with E-state index >= 15 is 0 Å². The Kier molecular flexibility index (Phi) is 2.65. The second-order valence-corrected chi connectivity index (χ2v) is 3.70. The first kappa shape index (κ1) is 9.02. The molecule has 1 aliphatic carbocycles. The summed E-state index contributed by atoms with van der Waals surface area (Å²) >= 11 is 0. The Morgan fingerprint density at radius 3 is 3.00 bits per heavy atom. The Labute approximate surface area is 84.7 Å². The van der Waals surface area contributed by atoms with Gasteiger partial charge in [-0.25, -0.2) is 0 Å². The van der Waals surface area contributed by atoms with Crippen LogP contribution in [0.25, 0.3) is 0 Å². The molecule has 1 unspecified atom stereocenters. The predicted octanol–water partition coefficient (Wildman–Crippen LogP) is 3.38. The van der Waals surface area contributed by atoms with Crippen LogP contribution in [0.3, 0.4) is 0 Å². The minimum Gasteiger partial charge on any atom is -0.192 e. The zero-order valence-corrected chi connectivity index (χ0v) is 8.11. The summed E-state index contributed by atoms with van der Waals surface area (Å²) < 4.78 is 0. The minimum atomic E-state index is 0.525. The number of nitriles is 1. The molecule has 1 aromatic carbocycles. The van der Waals surface area contributed by atoms with Gasteiger partial charge in [-0.2, -0.15) is 5.26 Å². The van der Waals surface area contributed by atoms with Crippen molar-refractivity contribution >= 4 is 0 Å². The van der Waals surface area contributed by atoms with E-state index in [1.54, 1.807) is 0 Å². The zero-order valence-electron chi connectivity index (χ0n) is 8.11. The number of allylic oxidation sites excluding steroid dienone is 2. The highest BCUT2D eigenvalue weighted by Gasteiger charge is 2.10. The van der Waals surface area contributed by atoms with E-state index in [2.05, 4.69) is 24.3 Å². The van der Waals surface area contributed by atoms with E-state index in [-0.39, 0.29) is 0 Å². The highest BCUT2D eigenvalue weighted by atomic mass is 14.2. The smallest absolute Gasteiger partial charge is 0.0991 e. The molecule has 0 aliphatic heterocycles. The van der Waals surface area contributed by atoms with Gasteiger partial charge in [0.15, 0.2) is 0 Å². The normalized spacial score (nSPS) is 20.4. The monoisotopic (exact) mass is 183 g/mol. The van der Waals surface area contributed by atoms with Gasteiger partial charge in [-0.15, -0.1) is 0 Å². The standard InChI is InChI=1S/C13H13N/c14-10-11-5-4-8-13(9-11)12-6-2-1-3-7-12/h2,4-6,8-9,12H,1,3,7H2. The summed E-state index contributed by atoms with van der Waals surface area (Å²) in [6.07, 6.45) is 8.19. The van der Waals surface area contributed by atoms with E-state index < -0.39 is 0 Å². The van der Waals surface area contributed by atoms with Crippen molar-refractivity contribution in [1.82, 2.24) is 0 Å². The van der Waals surface area contributed by atoms with Crippen molar-refractivity contribution in [2.24, 2.45) is 0 Å². The van der Waals surface area contributed by atoms with Crippen LogP contribution >= 0.6 is 0 Å². The third-order valence-electron chi connectivity index (χ3n) is 2.70. The first-order valence-corrected chi connectivity index (χ1v) is 5.07. The summed E-state index contributed by atoms with van der Waals surface area (Å²) in [5.74, 6) is 0.525. The van der Waals surface area contributed by atoms with Crippen LogP contribution < -0.4 is 0 Å². The van der Waals surface area contributed by atoms with Crippen LogP contribution in [0, 0.1) is 11.3 Å². The van der Waals surface area contributed by atoms with Crippen molar-refractivity contribution in [3.05, 3.63) is 47.5 Å². The van der Waals surface area contributed by atoms with Gasteiger partial charge >= 0.3 is 0 Å². The van der Waals surface area contributed by atoms with Crippen LogP contribution in [0.15, 0.2) is 36.4 Å². The lowest BCUT2D eigenvalue weighted by Gasteiger charge is -2.16. The van der Waals surface area contributed by atoms with Crippen molar-refractivity contribution in [3.63, 3.8) is 0 Å². The Bertz CT molecular complexity index is 384. The number of hydrogen-bond acceptors (Lipinski definition) is 1. The van der Waals surface area contributed by atoms with E-state index in [0.717, 1.165) is 5.56 Å². The van der Waals surface area contributed by atoms with Crippen LogP contribution in [0.4, 0.5) is 0 Å². The molecule has 0 radical (unpaired) electrons. The predicted molar refractivity (Wildman–Crippen MR) is 56.9 cm³/mol. The first-order chi connectivity index (χ1) is 6.90. The largest absolute Gasteiger partial charge is 0.192 e. The molecule has 1 aliphatic rings. The van der Waals surface area contributed by atoms with Crippen molar-refractivity contribution in [3.8, 4) is 6.07 Å². The Hall–Kier alpha value is -1.55. The molecular formula is C13H13N. The lowest BCUT2D eigenvalue weighted by Crippen LogP contribution is -1.99. The van der Waals surface area contributed by atoms with Gasteiger partial charge in [-0.05, 0) is 37.0 Å². The molecule has 14 heavy (non-hydrogen) atoms. The van der Waals surface area contributed by atoms with Crippen LogP contribution in [0.2, 0.25) is 0 Å². The Morgan fingerprint density at radius 2 is 2.29 bits per heavy atom. The second-order valence-electron chi connectivity index (χ2n) is 3.70. The molecule has 1 heteroatoms. The quantitative estimate of drug-likeness (QED) is 0.612. The Balaban J connectivity index is 2.27. The van der Waals surface area contributed by atoms with Crippen LogP contribution in [0.5, 0.6) is 0 Å². The van der Waals surface area contributed by atoms with E-state index in [1.165, 1.54) is 24.8 Å². The fourth-order valence-electron chi connectivity index (χ4n) is 1.93. The maximum absolute atomic E-state index is 8.79. The highest BCUT2D eigenvalue weighted by Crippen LogP contribution is 2.27. The third kappa shape index (κ3) is 1.85. The maximum Gasteiger partial charge on any atom is 0.0991 e. The van der Waals surface area contributed by atoms with Crippen molar-refractivity contribution in [1.29, 1.82) is 5.26 Å². The van der Waals surface area contributed by atoms with Crippen molar-refractivity contribution < 1.29 is 0 Å². The van der Waals surface area contributed by atoms with Gasteiger partial charge in [-0.1, -0.05) is 24.3 Å². The molecule has 0 spiro atoms. The van der Waals surface area contributed by atoms with Gasteiger partial charge < -0.3 is 0 Å². The summed E-state index contributed by atoms with van der Waals surface area (Å²) in [7, 11) is 0. The molecule has 1 atom stereocenters. The molecule has 0 amide bonds. The summed E-state index contributed by atoms with van der Waals surface area (Å²) in [4.78, 5) is 0. The van der Waals surface area contributed by atoms with Crippen LogP contribution in [0.1, 0.15) is 36.3 Å². The van der Waals surface area contributed by atoms with E-state index in [9.17, 15) is 0 Å². The molecule has 0 fully saturated rings. The molecule has 70 valence electrons. The summed E-state index contributed by atoms with van der Waals surface area (Å²) in [6.45, 7) is 0. The molecule has 0 aromatic heterocycles. The average molecular weight is 183 g/mol. The van der Waals surface area contributed by atoms with Crippen molar-refractivity contribution in [2.45, 2.75) is 25.2 Å². The fraction of sp³-hybridized carbons (Fsp3) is 0.308. The van der Waals surface area contributed by atoms with Gasteiger partial charge in [0.2, 0.25) is 0 Å². The van der Waals surface area contributed by atoms with Gasteiger partial charge in [-0.3, -0.25) is 0 Å². The zero-order chi connectivity index (χ0) is 9.80. The molecule has 0 saturated heterocycles. The van der Waals surface area contributed by atoms with Gasteiger partial charge in [0.05, 0.1) is 11.6 Å². The lowest BCUT2D eigenvalue weighted by atomic mass is 9.89. The molecule has 1 aromatic rings. The van der Waals surface area contributed by atoms with Crippen LogP contribution in [-0.4, -0.2) is 0 Å². The van der Waals surface area contributed by atoms with Gasteiger partial charge in [0.1, 0.15) is 0 Å². The number of hydrogen-bond donors (Lipinski definition) is 0. The van der Waals surface area contributed by atoms with Crippen LogP contribution in [-0.2, 0) is 0 Å². The second kappa shape index (κ2) is 4.11. The lowest BCUT2D eigenvalue weighted by molar-refractivity contribution is 0.654. The highest BCUT2D eigenvalue weighted by molar-refractivity contribution is 5.36. The number of benzene rings is 1. The minimum absolute atomic E-state index is 0.525. The number of nitrogens with zero attached hydrogens (tertiary/aromatic N) is 1. The Morgan fingerprint density at radius 1 is 1.36 bits per heavy atom. The summed E-state index contributed by atoms with van der Waals surface area (Å²) in [5, 5.41) is 8.79. The fourth-order valence-corrected chi connectivity index (χ4v) is 1.93. The molecule has 0 saturated carbocycles. The average Bonchev–Trinajstić information content (AvgIpc) is 2.30. The van der Waals surface area contributed by atoms with E-state index in [1.807, 2.05) is 18.2 Å².